The summed E-state index contributed by atoms with van der Waals surface area (Å²) < 4.78 is 29.5. The summed E-state index contributed by atoms with van der Waals surface area (Å²) in [6.07, 6.45) is 1.57. The van der Waals surface area contributed by atoms with Gasteiger partial charge in [0, 0.05) is 29.6 Å². The molecule has 2 aromatic heterocycles. The zero-order valence-electron chi connectivity index (χ0n) is 10.2. The van der Waals surface area contributed by atoms with Crippen molar-refractivity contribution in [1.29, 1.82) is 0 Å². The fourth-order valence-electron chi connectivity index (χ4n) is 1.80. The number of aromatic nitrogens is 4. The van der Waals surface area contributed by atoms with Crippen LogP contribution in [0.15, 0.2) is 24.5 Å². The second-order valence-electron chi connectivity index (χ2n) is 4.09. The first-order chi connectivity index (χ1) is 9.56. The summed E-state index contributed by atoms with van der Waals surface area (Å²) in [5.41, 5.74) is 0.785. The number of anilines is 2. The fraction of sp³-hybridized carbons (Fsp3) is 0.0833. The number of aryl methyl sites for hydroxylation is 1. The Hall–Kier alpha value is -1.84. The summed E-state index contributed by atoms with van der Waals surface area (Å²) in [4.78, 5) is 12.5. The summed E-state index contributed by atoms with van der Waals surface area (Å²) in [5.74, 6) is -1.12. The number of benzene rings is 1. The third-order valence-electron chi connectivity index (χ3n) is 2.74. The van der Waals surface area contributed by atoms with Gasteiger partial charge in [0.1, 0.15) is 17.3 Å². The second-order valence-corrected chi connectivity index (χ2v) is 5.06. The van der Waals surface area contributed by atoms with Crippen LogP contribution in [0.3, 0.4) is 0 Å². The van der Waals surface area contributed by atoms with E-state index in [1.54, 1.807) is 17.9 Å². The Bertz CT molecular complexity index is 782. The molecule has 0 atom stereocenters. The monoisotopic (exact) mass is 387 g/mol. The molecule has 0 saturated carbocycles. The molecule has 2 heterocycles. The van der Waals surface area contributed by atoms with E-state index in [0.717, 1.165) is 0 Å². The van der Waals surface area contributed by atoms with E-state index in [2.05, 4.69) is 20.3 Å². The molecule has 0 aliphatic carbocycles. The van der Waals surface area contributed by atoms with Gasteiger partial charge in [0.25, 0.3) is 0 Å². The average Bonchev–Trinajstić information content (AvgIpc) is 2.76. The van der Waals surface area contributed by atoms with Crippen molar-refractivity contribution in [3.63, 3.8) is 0 Å². The van der Waals surface area contributed by atoms with E-state index >= 15 is 0 Å². The number of nitrogens with one attached hydrogen (secondary N) is 1. The molecule has 20 heavy (non-hydrogen) atoms. The largest absolute Gasteiger partial charge is 0.333 e. The molecule has 3 aromatic rings. The molecule has 0 aliphatic rings. The maximum absolute atomic E-state index is 13.7. The van der Waals surface area contributed by atoms with Crippen LogP contribution >= 0.6 is 22.6 Å². The van der Waals surface area contributed by atoms with E-state index in [-0.39, 0.29) is 11.5 Å². The van der Waals surface area contributed by atoms with Crippen LogP contribution in [0, 0.1) is 15.5 Å². The lowest BCUT2D eigenvalue weighted by atomic mass is 10.3. The highest BCUT2D eigenvalue weighted by Crippen LogP contribution is 2.26. The van der Waals surface area contributed by atoms with Gasteiger partial charge < -0.3 is 9.88 Å². The lowest BCUT2D eigenvalue weighted by molar-refractivity contribution is 0.590. The minimum atomic E-state index is -0.692. The predicted molar refractivity (Wildman–Crippen MR) is 78.7 cm³/mol. The number of nitrogens with zero attached hydrogens (tertiary/aromatic N) is 4. The van der Waals surface area contributed by atoms with Gasteiger partial charge in [0.15, 0.2) is 20.8 Å². The first-order valence-electron chi connectivity index (χ1n) is 5.62. The minimum absolute atomic E-state index is 0.256. The van der Waals surface area contributed by atoms with E-state index in [1.807, 2.05) is 22.6 Å². The molecule has 0 aliphatic heterocycles. The van der Waals surface area contributed by atoms with E-state index in [0.29, 0.717) is 15.0 Å². The minimum Gasteiger partial charge on any atom is -0.333 e. The molecule has 0 radical (unpaired) electrons. The number of rotatable bonds is 2. The van der Waals surface area contributed by atoms with Crippen LogP contribution in [0.25, 0.3) is 11.2 Å². The molecule has 8 heteroatoms. The topological polar surface area (TPSA) is 55.6 Å². The molecule has 3 rings (SSSR count). The van der Waals surface area contributed by atoms with Crippen LogP contribution in [-0.4, -0.2) is 19.5 Å². The Kier molecular flexibility index (Phi) is 3.24. The van der Waals surface area contributed by atoms with E-state index < -0.39 is 11.6 Å². The van der Waals surface area contributed by atoms with Crippen molar-refractivity contribution in [2.24, 2.45) is 7.05 Å². The third-order valence-corrected chi connectivity index (χ3v) is 3.22. The zero-order valence-corrected chi connectivity index (χ0v) is 12.4. The normalized spacial score (nSPS) is 11.0. The molecule has 5 nitrogen and oxygen atoms in total. The number of para-hydroxylation sites is 1. The number of fused-ring (bicyclic) bond motifs is 1. The van der Waals surface area contributed by atoms with Crippen LogP contribution in [0.5, 0.6) is 0 Å². The molecular formula is C12H8F2IN5. The lowest BCUT2D eigenvalue weighted by Crippen LogP contribution is -2.03. The van der Waals surface area contributed by atoms with Crippen LogP contribution in [0.4, 0.5) is 20.3 Å². The molecular weight excluding hydrogens is 379 g/mol. The van der Waals surface area contributed by atoms with Crippen molar-refractivity contribution in [2.45, 2.75) is 0 Å². The third kappa shape index (κ3) is 2.19. The van der Waals surface area contributed by atoms with E-state index in [9.17, 15) is 8.78 Å². The van der Waals surface area contributed by atoms with Gasteiger partial charge in [-0.15, -0.1) is 0 Å². The van der Waals surface area contributed by atoms with Crippen molar-refractivity contribution in [2.75, 3.05) is 5.32 Å². The maximum atomic E-state index is 13.7. The Morgan fingerprint density at radius 1 is 1.20 bits per heavy atom. The Morgan fingerprint density at radius 2 is 1.90 bits per heavy atom. The molecule has 0 saturated heterocycles. The van der Waals surface area contributed by atoms with Gasteiger partial charge in [-0.05, 0) is 12.1 Å². The fourth-order valence-corrected chi connectivity index (χ4v) is 2.27. The van der Waals surface area contributed by atoms with Gasteiger partial charge in [0.2, 0.25) is 0 Å². The summed E-state index contributed by atoms with van der Waals surface area (Å²) in [5, 5.41) is 2.66. The Balaban J connectivity index is 2.16. The average molecular weight is 387 g/mol. The smallest absolute Gasteiger partial charge is 0.194 e. The molecule has 0 spiro atoms. The molecule has 0 bridgehead atoms. The molecule has 0 fully saturated rings. The summed E-state index contributed by atoms with van der Waals surface area (Å²) in [7, 11) is 1.78. The second kappa shape index (κ2) is 4.93. The molecule has 102 valence electrons. The number of hydrogen-bond acceptors (Lipinski definition) is 4. The van der Waals surface area contributed by atoms with Gasteiger partial charge >= 0.3 is 0 Å². The predicted octanol–water partition coefficient (Wildman–Crippen LogP) is 2.99. The van der Waals surface area contributed by atoms with Gasteiger partial charge in [0.05, 0.1) is 6.33 Å². The quantitative estimate of drug-likeness (QED) is 0.543. The first kappa shape index (κ1) is 13.2. The van der Waals surface area contributed by atoms with Gasteiger partial charge in [-0.1, -0.05) is 6.07 Å². The number of halogens is 3. The SMILES string of the molecule is Cn1cnc2c(Nc3c(F)cccc3F)nc(I)nc21. The van der Waals surface area contributed by atoms with Crippen LogP contribution < -0.4 is 5.32 Å². The highest BCUT2D eigenvalue weighted by atomic mass is 127. The summed E-state index contributed by atoms with van der Waals surface area (Å²) >= 11 is 1.94. The van der Waals surface area contributed by atoms with Crippen molar-refractivity contribution < 1.29 is 8.78 Å². The van der Waals surface area contributed by atoms with E-state index in [4.69, 9.17) is 0 Å². The lowest BCUT2D eigenvalue weighted by Gasteiger charge is -2.08. The standard InChI is InChI=1S/C12H8F2IN5/c1-20-5-16-9-10(18-12(15)19-11(9)20)17-8-6(13)3-2-4-7(8)14/h2-5H,1H3,(H,17,18,19). The summed E-state index contributed by atoms with van der Waals surface area (Å²) in [6, 6.07) is 3.65. The van der Waals surface area contributed by atoms with Crippen LogP contribution in [-0.2, 0) is 7.05 Å². The number of hydrogen-bond donors (Lipinski definition) is 1. The summed E-state index contributed by atoms with van der Waals surface area (Å²) in [6.45, 7) is 0. The van der Waals surface area contributed by atoms with Gasteiger partial charge in [-0.25, -0.2) is 23.7 Å². The van der Waals surface area contributed by atoms with E-state index in [1.165, 1.54) is 18.2 Å². The van der Waals surface area contributed by atoms with Crippen LogP contribution in [0.2, 0.25) is 0 Å². The molecule has 1 N–H and O–H groups in total. The maximum Gasteiger partial charge on any atom is 0.194 e. The van der Waals surface area contributed by atoms with Gasteiger partial charge in [-0.3, -0.25) is 0 Å². The zero-order chi connectivity index (χ0) is 14.3. The Labute approximate surface area is 126 Å². The molecule has 1 aromatic carbocycles. The van der Waals surface area contributed by atoms with Crippen molar-refractivity contribution in [1.82, 2.24) is 19.5 Å². The first-order valence-corrected chi connectivity index (χ1v) is 6.69. The molecule has 0 unspecified atom stereocenters. The molecule has 0 amide bonds. The van der Waals surface area contributed by atoms with Crippen LogP contribution in [0.1, 0.15) is 0 Å². The van der Waals surface area contributed by atoms with Crippen molar-refractivity contribution in [3.8, 4) is 0 Å². The van der Waals surface area contributed by atoms with Gasteiger partial charge in [-0.2, -0.15) is 0 Å². The van der Waals surface area contributed by atoms with Crippen molar-refractivity contribution in [3.05, 3.63) is 40.0 Å². The number of imidazole rings is 1. The van der Waals surface area contributed by atoms with Crippen molar-refractivity contribution >= 4 is 45.3 Å². The highest BCUT2D eigenvalue weighted by molar-refractivity contribution is 14.1. The Morgan fingerprint density at radius 3 is 2.60 bits per heavy atom. The highest BCUT2D eigenvalue weighted by Gasteiger charge is 2.15.